The lowest BCUT2D eigenvalue weighted by molar-refractivity contribution is -0.207. The van der Waals surface area contributed by atoms with Crippen LogP contribution in [0.5, 0.6) is 0 Å². The SMILES string of the molecule is CC#C[C@]1(O)CCC2C3CC=C4CC(=O)CCC4=C3[C@@H](c3ccc(N(C)C(=O)CC[C@H](NC(=O)CC[C@@H](C)[C@H]4CCC5C6C(C[C@H](O)[C@@]54C)[C@@]4(C)CC[C@@H](O)C[C@H]4C[C@H]6O)C(=O)O)cc3)C[C@@]21C. The third kappa shape index (κ3) is 8.13. The van der Waals surface area contributed by atoms with Gasteiger partial charge >= 0.3 is 5.97 Å². The van der Waals surface area contributed by atoms with Crippen molar-refractivity contribution in [1.29, 1.82) is 0 Å². The molecule has 6 N–H and O–H groups in total. The largest absolute Gasteiger partial charge is 0.480 e. The predicted molar refractivity (Wildman–Crippen MR) is 260 cm³/mol. The van der Waals surface area contributed by atoms with Gasteiger partial charge in [-0.25, -0.2) is 4.79 Å². The second-order valence-electron chi connectivity index (χ2n) is 23.9. The molecule has 7 fully saturated rings. The Morgan fingerprint density at radius 2 is 1.66 bits per heavy atom. The van der Waals surface area contributed by atoms with Gasteiger partial charge in [-0.2, -0.15) is 0 Å². The molecule has 0 aromatic heterocycles. The average molecular weight is 935 g/mol. The first-order valence-electron chi connectivity index (χ1n) is 26.3. The topological polar surface area (TPSA) is 185 Å². The number of anilines is 1. The molecule has 0 aliphatic heterocycles. The van der Waals surface area contributed by atoms with Crippen LogP contribution < -0.4 is 10.2 Å². The number of ketones is 1. The van der Waals surface area contributed by atoms with Crippen LogP contribution in [0.3, 0.4) is 0 Å². The van der Waals surface area contributed by atoms with Gasteiger partial charge in [-0.15, -0.1) is 5.92 Å². The zero-order valence-corrected chi connectivity index (χ0v) is 41.4. The summed E-state index contributed by atoms with van der Waals surface area (Å²) >= 11 is 0. The maximum Gasteiger partial charge on any atom is 0.326 e. The van der Waals surface area contributed by atoms with Crippen LogP contribution in [0.4, 0.5) is 5.69 Å². The van der Waals surface area contributed by atoms with Gasteiger partial charge < -0.3 is 35.7 Å². The Morgan fingerprint density at radius 3 is 2.38 bits per heavy atom. The first-order valence-corrected chi connectivity index (χ1v) is 26.3. The molecule has 0 heterocycles. The number of carbonyl (C=O) groups is 4. The molecule has 7 saturated carbocycles. The molecular formula is C57H78N2O9. The fourth-order valence-corrected chi connectivity index (χ4v) is 17.0. The number of amides is 2. The normalized spacial score (nSPS) is 41.2. The van der Waals surface area contributed by atoms with Crippen molar-refractivity contribution in [3.05, 3.63) is 52.6 Å². The lowest BCUT2D eigenvalue weighted by Gasteiger charge is -2.63. The van der Waals surface area contributed by atoms with E-state index in [0.717, 1.165) is 63.4 Å². The van der Waals surface area contributed by atoms with E-state index in [-0.39, 0.29) is 102 Å². The van der Waals surface area contributed by atoms with Crippen LogP contribution in [0.1, 0.15) is 162 Å². The Labute approximate surface area is 404 Å². The number of rotatable bonds is 11. The van der Waals surface area contributed by atoms with Gasteiger partial charge in [-0.1, -0.05) is 57.4 Å². The highest BCUT2D eigenvalue weighted by molar-refractivity contribution is 5.93. The highest BCUT2D eigenvalue weighted by Gasteiger charge is 2.66. The van der Waals surface area contributed by atoms with Crippen molar-refractivity contribution in [2.45, 2.75) is 186 Å². The molecule has 8 aliphatic rings. The van der Waals surface area contributed by atoms with E-state index in [2.05, 4.69) is 63.1 Å². The third-order valence-electron chi connectivity index (χ3n) is 20.9. The van der Waals surface area contributed by atoms with E-state index < -0.39 is 40.7 Å². The summed E-state index contributed by atoms with van der Waals surface area (Å²) in [7, 11) is 1.68. The van der Waals surface area contributed by atoms with E-state index in [1.165, 1.54) is 21.6 Å². The van der Waals surface area contributed by atoms with Crippen molar-refractivity contribution >= 4 is 29.3 Å². The lowest BCUT2D eigenvalue weighted by Crippen LogP contribution is -2.62. The summed E-state index contributed by atoms with van der Waals surface area (Å²) in [5.74, 6) is 6.25. The summed E-state index contributed by atoms with van der Waals surface area (Å²) in [6.07, 6.45) is 12.0. The third-order valence-corrected chi connectivity index (χ3v) is 20.9. The number of benzene rings is 1. The van der Waals surface area contributed by atoms with E-state index in [1.807, 2.05) is 12.1 Å². The van der Waals surface area contributed by atoms with Crippen molar-refractivity contribution in [2.24, 2.45) is 63.6 Å². The number of carboxylic acids is 1. The van der Waals surface area contributed by atoms with Gasteiger partial charge in [0, 0.05) is 49.8 Å². The summed E-state index contributed by atoms with van der Waals surface area (Å²) < 4.78 is 0. The highest BCUT2D eigenvalue weighted by Crippen LogP contribution is 2.69. The van der Waals surface area contributed by atoms with E-state index in [0.29, 0.717) is 44.2 Å². The molecule has 0 bridgehead atoms. The maximum absolute atomic E-state index is 13.6. The minimum Gasteiger partial charge on any atom is -0.480 e. The molecule has 11 nitrogen and oxygen atoms in total. The second-order valence-corrected chi connectivity index (χ2v) is 23.9. The average Bonchev–Trinajstić information content (AvgIpc) is 3.80. The minimum absolute atomic E-state index is 0.00520. The molecule has 17 atom stereocenters. The van der Waals surface area contributed by atoms with Crippen LogP contribution in [0.2, 0.25) is 0 Å². The number of Topliss-reactive ketones (excluding diaryl/α,β-unsaturated/α-hetero) is 1. The van der Waals surface area contributed by atoms with E-state index in [1.54, 1.807) is 14.0 Å². The van der Waals surface area contributed by atoms with Crippen molar-refractivity contribution in [3.8, 4) is 11.8 Å². The summed E-state index contributed by atoms with van der Waals surface area (Å²) in [5.41, 5.74) is 3.77. The molecule has 5 unspecified atom stereocenters. The van der Waals surface area contributed by atoms with Crippen molar-refractivity contribution in [3.63, 3.8) is 0 Å². The van der Waals surface area contributed by atoms with Crippen molar-refractivity contribution in [1.82, 2.24) is 5.32 Å². The monoisotopic (exact) mass is 935 g/mol. The highest BCUT2D eigenvalue weighted by atomic mass is 16.4. The van der Waals surface area contributed by atoms with Gasteiger partial charge in [-0.3, -0.25) is 14.4 Å². The Bertz CT molecular complexity index is 2290. The number of nitrogens with zero attached hydrogens (tertiary/aromatic N) is 1. The van der Waals surface area contributed by atoms with Crippen LogP contribution in [0, 0.1) is 75.4 Å². The fourth-order valence-electron chi connectivity index (χ4n) is 17.0. The standard InChI is InChI=1S/C57H78N2O9/c1-7-24-57(68)26-23-43-40-15-11-34-27-37(60)14-16-39(34)51(40)41(31-55(43,57)4)33-9-12-36(13-10-33)59(6)50(65)21-19-46(53(66)67)58-49(64)20-8-32(2)42-17-18-44-52-45(30-48(63)56(42,44)5)54(3)25-22-38(61)28-35(54)29-47(52)62/h9-13,32,35,38,40-48,52,61-63,68H,8,14-23,25-31H2,1-6H3,(H,58,64)(H,66,67)/t32-,35+,38-,40?,41-,42-,43?,44?,45?,46+,47-,48+,52?,54+,55+,56-,57+/m1/s1. The number of carbonyl (C=O) groups excluding carboxylic acids is 3. The number of nitrogens with one attached hydrogen (secondary N) is 1. The Morgan fingerprint density at radius 1 is 0.912 bits per heavy atom. The second kappa shape index (κ2) is 18.4. The number of fused-ring (bicyclic) bond motifs is 9. The van der Waals surface area contributed by atoms with Gasteiger partial charge in [0.15, 0.2) is 0 Å². The Hall–Kier alpha value is -3.82. The molecule has 11 heteroatoms. The van der Waals surface area contributed by atoms with Crippen LogP contribution in [0.15, 0.2) is 47.1 Å². The molecular weight excluding hydrogens is 857 g/mol. The number of hydrogen-bond acceptors (Lipinski definition) is 8. The van der Waals surface area contributed by atoms with Gasteiger partial charge in [0.05, 0.1) is 18.3 Å². The first-order chi connectivity index (χ1) is 32.2. The molecule has 0 saturated heterocycles. The molecule has 8 aliphatic carbocycles. The van der Waals surface area contributed by atoms with E-state index in [4.69, 9.17) is 0 Å². The van der Waals surface area contributed by atoms with Crippen molar-refractivity contribution in [2.75, 3.05) is 11.9 Å². The number of hydrogen-bond donors (Lipinski definition) is 6. The predicted octanol–water partition coefficient (Wildman–Crippen LogP) is 8.03. The molecule has 9 rings (SSSR count). The van der Waals surface area contributed by atoms with Crippen LogP contribution in [0.25, 0.3) is 0 Å². The molecule has 1 aromatic rings. The number of carboxylic acid groups (broad SMARTS) is 1. The summed E-state index contributed by atoms with van der Waals surface area (Å²) in [5, 5.41) is 59.1. The number of allylic oxidation sites excluding steroid dienone is 4. The van der Waals surface area contributed by atoms with Crippen molar-refractivity contribution < 1.29 is 44.7 Å². The molecule has 2 amide bonds. The Balaban J connectivity index is 0.813. The Kier molecular flexibility index (Phi) is 13.3. The summed E-state index contributed by atoms with van der Waals surface area (Å²) in [6, 6.07) is 6.78. The minimum atomic E-state index is -1.23. The molecule has 370 valence electrons. The van der Waals surface area contributed by atoms with Gasteiger partial charge in [0.2, 0.25) is 11.8 Å². The van der Waals surface area contributed by atoms with E-state index in [9.17, 15) is 44.7 Å². The number of aliphatic carboxylic acids is 1. The molecule has 1 aromatic carbocycles. The van der Waals surface area contributed by atoms with Gasteiger partial charge in [0.1, 0.15) is 17.4 Å². The zero-order chi connectivity index (χ0) is 48.7. The molecule has 68 heavy (non-hydrogen) atoms. The lowest BCUT2D eigenvalue weighted by atomic mass is 9.43. The van der Waals surface area contributed by atoms with Gasteiger partial charge in [-0.05, 0) is 184 Å². The van der Waals surface area contributed by atoms with E-state index >= 15 is 0 Å². The maximum atomic E-state index is 13.6. The number of aliphatic hydroxyl groups is 4. The summed E-state index contributed by atoms with van der Waals surface area (Å²) in [4.78, 5) is 53.6. The fraction of sp³-hybridized carbons (Fsp3) is 0.719. The van der Waals surface area contributed by atoms with Crippen LogP contribution in [-0.2, 0) is 19.2 Å². The summed E-state index contributed by atoms with van der Waals surface area (Å²) in [6.45, 7) is 10.7. The smallest absolute Gasteiger partial charge is 0.326 e. The number of aliphatic hydroxyl groups excluding tert-OH is 3. The molecule has 0 spiro atoms. The van der Waals surface area contributed by atoms with Crippen LogP contribution >= 0.6 is 0 Å². The first kappa shape index (κ1) is 49.2. The van der Waals surface area contributed by atoms with Gasteiger partial charge in [0.25, 0.3) is 0 Å². The van der Waals surface area contributed by atoms with Crippen LogP contribution in [-0.4, -0.2) is 86.1 Å². The zero-order valence-electron chi connectivity index (χ0n) is 41.4. The quantitative estimate of drug-likeness (QED) is 0.120. The molecule has 0 radical (unpaired) electrons.